The van der Waals surface area contributed by atoms with E-state index in [-0.39, 0.29) is 6.03 Å². The van der Waals surface area contributed by atoms with Crippen LogP contribution in [0.2, 0.25) is 0 Å². The van der Waals surface area contributed by atoms with Gasteiger partial charge in [-0.3, -0.25) is 4.90 Å². The molecule has 26 heavy (non-hydrogen) atoms. The average molecular weight is 359 g/mol. The van der Waals surface area contributed by atoms with Crippen molar-refractivity contribution in [2.75, 3.05) is 40.0 Å². The molecular formula is C19H25N3O4. The fourth-order valence-corrected chi connectivity index (χ4v) is 3.38. The summed E-state index contributed by atoms with van der Waals surface area (Å²) in [7, 11) is 1.36. The summed E-state index contributed by atoms with van der Waals surface area (Å²) < 4.78 is 10.4. The zero-order valence-corrected chi connectivity index (χ0v) is 15.4. The number of ether oxygens (including phenoxy) is 2. The Kier molecular flexibility index (Phi) is 5.58. The molecule has 1 aromatic carbocycles. The smallest absolute Gasteiger partial charge is 0.338 e. The molecule has 3 rings (SSSR count). The molecule has 0 bridgehead atoms. The van der Waals surface area contributed by atoms with E-state index in [2.05, 4.69) is 15.5 Å². The van der Waals surface area contributed by atoms with Gasteiger partial charge in [-0.1, -0.05) is 23.8 Å². The number of benzene rings is 1. The van der Waals surface area contributed by atoms with E-state index in [4.69, 9.17) is 9.47 Å². The number of amides is 2. The second kappa shape index (κ2) is 7.88. The lowest BCUT2D eigenvalue weighted by atomic mass is 9.91. The molecule has 0 spiro atoms. The van der Waals surface area contributed by atoms with Gasteiger partial charge >= 0.3 is 12.0 Å². The van der Waals surface area contributed by atoms with Gasteiger partial charge < -0.3 is 20.1 Å². The number of morpholine rings is 1. The van der Waals surface area contributed by atoms with E-state index in [0.717, 1.165) is 29.8 Å². The molecule has 2 aliphatic heterocycles. The Bertz CT molecular complexity index is 738. The first-order chi connectivity index (χ1) is 12.5. The van der Waals surface area contributed by atoms with Crippen molar-refractivity contribution in [3.8, 4) is 0 Å². The Labute approximate surface area is 153 Å². The molecule has 140 valence electrons. The Hall–Kier alpha value is -2.38. The van der Waals surface area contributed by atoms with E-state index < -0.39 is 12.0 Å². The molecule has 1 unspecified atom stereocenters. The molecule has 0 saturated carbocycles. The summed E-state index contributed by atoms with van der Waals surface area (Å²) in [6.07, 6.45) is 0. The number of hydrogen-bond acceptors (Lipinski definition) is 5. The van der Waals surface area contributed by atoms with Crippen molar-refractivity contribution in [2.45, 2.75) is 19.9 Å². The molecule has 1 aromatic rings. The molecule has 2 aliphatic rings. The lowest BCUT2D eigenvalue weighted by Crippen LogP contribution is -2.49. The van der Waals surface area contributed by atoms with Gasteiger partial charge in [0.15, 0.2) is 0 Å². The van der Waals surface area contributed by atoms with Gasteiger partial charge in [0.05, 0.1) is 31.9 Å². The number of methoxy groups -OCH3 is 1. The van der Waals surface area contributed by atoms with Gasteiger partial charge in [0.2, 0.25) is 0 Å². The highest BCUT2D eigenvalue weighted by atomic mass is 16.5. The Morgan fingerprint density at radius 2 is 2.04 bits per heavy atom. The van der Waals surface area contributed by atoms with Gasteiger partial charge in [-0.15, -0.1) is 0 Å². The van der Waals surface area contributed by atoms with E-state index in [9.17, 15) is 9.59 Å². The summed E-state index contributed by atoms with van der Waals surface area (Å²) in [5.41, 5.74) is 4.02. The van der Waals surface area contributed by atoms with E-state index in [1.807, 2.05) is 32.0 Å². The minimum atomic E-state index is -0.535. The Morgan fingerprint density at radius 1 is 1.31 bits per heavy atom. The molecule has 1 saturated heterocycles. The van der Waals surface area contributed by atoms with Crippen LogP contribution in [0.4, 0.5) is 4.79 Å². The van der Waals surface area contributed by atoms with Gasteiger partial charge in [0, 0.05) is 25.3 Å². The maximum atomic E-state index is 12.6. The van der Waals surface area contributed by atoms with Crippen molar-refractivity contribution in [3.05, 3.63) is 46.2 Å². The lowest BCUT2D eigenvalue weighted by Gasteiger charge is -2.33. The van der Waals surface area contributed by atoms with Crippen LogP contribution in [0.15, 0.2) is 29.5 Å². The van der Waals surface area contributed by atoms with E-state index in [1.54, 1.807) is 0 Å². The molecule has 0 aromatic heterocycles. The highest BCUT2D eigenvalue weighted by Crippen LogP contribution is 2.30. The highest BCUT2D eigenvalue weighted by Gasteiger charge is 2.34. The third kappa shape index (κ3) is 3.89. The van der Waals surface area contributed by atoms with Crippen LogP contribution in [0.5, 0.6) is 0 Å². The number of carbonyl (C=O) groups excluding carboxylic acids is 2. The number of carbonyl (C=O) groups is 2. The maximum absolute atomic E-state index is 12.6. The third-order valence-corrected chi connectivity index (χ3v) is 4.79. The number of rotatable bonds is 4. The zero-order valence-electron chi connectivity index (χ0n) is 15.4. The van der Waals surface area contributed by atoms with Crippen molar-refractivity contribution in [2.24, 2.45) is 0 Å². The summed E-state index contributed by atoms with van der Waals surface area (Å²) in [5.74, 6) is -0.438. The summed E-state index contributed by atoms with van der Waals surface area (Å²) >= 11 is 0. The largest absolute Gasteiger partial charge is 0.466 e. The minimum Gasteiger partial charge on any atom is -0.466 e. The molecule has 1 fully saturated rings. The van der Waals surface area contributed by atoms with Gasteiger partial charge in [-0.2, -0.15) is 0 Å². The van der Waals surface area contributed by atoms with Crippen LogP contribution in [0.25, 0.3) is 0 Å². The number of urea groups is 1. The van der Waals surface area contributed by atoms with E-state index in [1.165, 1.54) is 7.11 Å². The first-order valence-electron chi connectivity index (χ1n) is 8.75. The fraction of sp³-hybridized carbons (Fsp3) is 0.474. The van der Waals surface area contributed by atoms with Crippen LogP contribution in [0.1, 0.15) is 22.7 Å². The monoisotopic (exact) mass is 359 g/mol. The summed E-state index contributed by atoms with van der Waals surface area (Å²) in [5, 5.41) is 5.69. The number of nitrogens with one attached hydrogen (secondary N) is 2. The van der Waals surface area contributed by atoms with Gasteiger partial charge in [-0.05, 0) is 25.0 Å². The van der Waals surface area contributed by atoms with Crippen molar-refractivity contribution in [1.29, 1.82) is 0 Å². The predicted octanol–water partition coefficient (Wildman–Crippen LogP) is 1.42. The Morgan fingerprint density at radius 3 is 2.73 bits per heavy atom. The topological polar surface area (TPSA) is 79.9 Å². The molecular weight excluding hydrogens is 334 g/mol. The molecule has 2 heterocycles. The van der Waals surface area contributed by atoms with Gasteiger partial charge in [0.25, 0.3) is 0 Å². The summed E-state index contributed by atoms with van der Waals surface area (Å²) in [6, 6.07) is 5.16. The quantitative estimate of drug-likeness (QED) is 0.795. The number of nitrogens with zero attached hydrogens (tertiary/aromatic N) is 1. The van der Waals surface area contributed by atoms with Crippen LogP contribution < -0.4 is 10.6 Å². The van der Waals surface area contributed by atoms with Crippen LogP contribution in [0.3, 0.4) is 0 Å². The van der Waals surface area contributed by atoms with Crippen molar-refractivity contribution in [1.82, 2.24) is 15.5 Å². The molecule has 0 radical (unpaired) electrons. The molecule has 2 amide bonds. The van der Waals surface area contributed by atoms with E-state index >= 15 is 0 Å². The summed E-state index contributed by atoms with van der Waals surface area (Å²) in [4.78, 5) is 27.1. The van der Waals surface area contributed by atoms with Crippen molar-refractivity contribution >= 4 is 12.0 Å². The van der Waals surface area contributed by atoms with Crippen LogP contribution in [-0.2, 0) is 14.3 Å². The molecule has 0 aliphatic carbocycles. The molecule has 1 atom stereocenters. The molecule has 2 N–H and O–H groups in total. The fourth-order valence-electron chi connectivity index (χ4n) is 3.38. The maximum Gasteiger partial charge on any atom is 0.338 e. The predicted molar refractivity (Wildman–Crippen MR) is 96.6 cm³/mol. The zero-order chi connectivity index (χ0) is 18.7. The normalized spacial score (nSPS) is 21.2. The van der Waals surface area contributed by atoms with Gasteiger partial charge in [-0.25, -0.2) is 9.59 Å². The molecule has 7 nitrogen and oxygen atoms in total. The first kappa shape index (κ1) is 18.4. The number of hydrogen-bond donors (Lipinski definition) is 2. The molecule has 7 heteroatoms. The number of aryl methyl sites for hydroxylation is 2. The van der Waals surface area contributed by atoms with Crippen molar-refractivity contribution in [3.63, 3.8) is 0 Å². The Balaban J connectivity index is 2.03. The average Bonchev–Trinajstić information content (AvgIpc) is 2.63. The van der Waals surface area contributed by atoms with Crippen LogP contribution in [-0.4, -0.2) is 56.9 Å². The minimum absolute atomic E-state index is 0.313. The third-order valence-electron chi connectivity index (χ3n) is 4.79. The second-order valence-electron chi connectivity index (χ2n) is 6.66. The lowest BCUT2D eigenvalue weighted by molar-refractivity contribution is -0.136. The second-order valence-corrected chi connectivity index (χ2v) is 6.66. The summed E-state index contributed by atoms with van der Waals surface area (Å²) in [6.45, 7) is 7.25. The SMILES string of the molecule is COC(=O)C1=C(CN2CCOCC2)NC(=O)NC1c1cc(C)ccc1C. The van der Waals surface area contributed by atoms with Crippen molar-refractivity contribution < 1.29 is 19.1 Å². The van der Waals surface area contributed by atoms with Crippen LogP contribution >= 0.6 is 0 Å². The number of esters is 1. The standard InChI is InChI=1S/C19H25N3O4/c1-12-4-5-13(2)14(10-12)17-16(18(23)25-3)15(20-19(24)21-17)11-22-6-8-26-9-7-22/h4-5,10,17H,6-9,11H2,1-3H3,(H2,20,21,24). The van der Waals surface area contributed by atoms with E-state index in [0.29, 0.717) is 31.0 Å². The highest BCUT2D eigenvalue weighted by molar-refractivity contribution is 5.95. The van der Waals surface area contributed by atoms with Crippen LogP contribution in [0, 0.1) is 13.8 Å². The first-order valence-corrected chi connectivity index (χ1v) is 8.75. The van der Waals surface area contributed by atoms with Gasteiger partial charge in [0.1, 0.15) is 0 Å².